The molecule has 0 unspecified atom stereocenters. The summed E-state index contributed by atoms with van der Waals surface area (Å²) in [7, 11) is 0. The molecular weight excluding hydrogens is 290 g/mol. The van der Waals surface area contributed by atoms with Crippen LogP contribution in [0.25, 0.3) is 0 Å². The van der Waals surface area contributed by atoms with Crippen LogP contribution in [-0.2, 0) is 9.59 Å². The highest BCUT2D eigenvalue weighted by Gasteiger charge is 2.32. The largest absolute Gasteiger partial charge is 0.481 e. The summed E-state index contributed by atoms with van der Waals surface area (Å²) in [6.45, 7) is 2.51. The van der Waals surface area contributed by atoms with Crippen LogP contribution < -0.4 is 5.32 Å². The molecule has 0 radical (unpaired) electrons. The second-order valence-electron chi connectivity index (χ2n) is 4.93. The molecule has 2 N–H and O–H groups in total. The highest BCUT2D eigenvalue weighted by atomic mass is 19.2. The van der Waals surface area contributed by atoms with E-state index in [0.717, 1.165) is 0 Å². The van der Waals surface area contributed by atoms with Crippen LogP contribution in [0.5, 0.6) is 0 Å². The zero-order valence-corrected chi connectivity index (χ0v) is 11.1. The Kier molecular flexibility index (Phi) is 4.56. The maximum Gasteiger partial charge on any atom is 0.309 e. The molecular formula is C12H12F2N2O5. The van der Waals surface area contributed by atoms with Crippen molar-refractivity contribution in [1.82, 2.24) is 0 Å². The van der Waals surface area contributed by atoms with Crippen molar-refractivity contribution in [2.75, 3.05) is 5.32 Å². The SMILES string of the molecule is CC(C)(CC(=O)Nc1c([N+](=O)[O-])ccc(F)c1F)C(=O)O. The number of carboxylic acids is 1. The number of rotatable bonds is 5. The van der Waals surface area contributed by atoms with Gasteiger partial charge in [0.05, 0.1) is 10.3 Å². The lowest BCUT2D eigenvalue weighted by Crippen LogP contribution is -2.30. The van der Waals surface area contributed by atoms with Crippen molar-refractivity contribution in [2.24, 2.45) is 5.41 Å². The van der Waals surface area contributed by atoms with E-state index in [1.165, 1.54) is 13.8 Å². The minimum Gasteiger partial charge on any atom is -0.481 e. The molecule has 114 valence electrons. The van der Waals surface area contributed by atoms with Crippen LogP contribution in [0.2, 0.25) is 0 Å². The predicted octanol–water partition coefficient (Wildman–Crippen LogP) is 2.31. The van der Waals surface area contributed by atoms with E-state index in [-0.39, 0.29) is 0 Å². The van der Waals surface area contributed by atoms with Crippen LogP contribution in [0.4, 0.5) is 20.2 Å². The third-order valence-electron chi connectivity index (χ3n) is 2.72. The summed E-state index contributed by atoms with van der Waals surface area (Å²) < 4.78 is 26.7. The van der Waals surface area contributed by atoms with Gasteiger partial charge in [-0.2, -0.15) is 0 Å². The van der Waals surface area contributed by atoms with E-state index in [9.17, 15) is 28.5 Å². The number of nitrogens with one attached hydrogen (secondary N) is 1. The van der Waals surface area contributed by atoms with E-state index in [4.69, 9.17) is 5.11 Å². The first-order valence-corrected chi connectivity index (χ1v) is 5.72. The molecule has 1 aromatic rings. The fourth-order valence-corrected chi connectivity index (χ4v) is 1.47. The maximum atomic E-state index is 13.6. The number of benzene rings is 1. The molecule has 0 aliphatic carbocycles. The zero-order chi connectivity index (χ0) is 16.4. The normalized spacial score (nSPS) is 11.0. The number of halogens is 2. The van der Waals surface area contributed by atoms with Crippen molar-refractivity contribution in [2.45, 2.75) is 20.3 Å². The smallest absolute Gasteiger partial charge is 0.309 e. The molecule has 1 rings (SSSR count). The number of carboxylic acid groups (broad SMARTS) is 1. The van der Waals surface area contributed by atoms with Gasteiger partial charge in [-0.05, 0) is 19.9 Å². The minimum atomic E-state index is -1.58. The van der Waals surface area contributed by atoms with Gasteiger partial charge in [-0.25, -0.2) is 8.78 Å². The molecule has 0 saturated carbocycles. The molecule has 7 nitrogen and oxygen atoms in total. The number of carbonyl (C=O) groups is 2. The Labute approximate surface area is 117 Å². The first-order valence-electron chi connectivity index (χ1n) is 5.72. The topological polar surface area (TPSA) is 110 Å². The summed E-state index contributed by atoms with van der Waals surface area (Å²) in [6, 6.07) is 1.26. The van der Waals surface area contributed by atoms with Gasteiger partial charge in [0.25, 0.3) is 5.69 Å². The number of nitro benzene ring substituents is 1. The van der Waals surface area contributed by atoms with Crippen LogP contribution in [0.15, 0.2) is 12.1 Å². The number of nitrogens with zero attached hydrogens (tertiary/aromatic N) is 1. The summed E-state index contributed by atoms with van der Waals surface area (Å²) in [5, 5.41) is 21.5. The van der Waals surface area contributed by atoms with E-state index >= 15 is 0 Å². The first kappa shape index (κ1) is 16.5. The van der Waals surface area contributed by atoms with Gasteiger partial charge >= 0.3 is 5.97 Å². The Morgan fingerprint density at radius 2 is 1.95 bits per heavy atom. The van der Waals surface area contributed by atoms with Gasteiger partial charge in [0, 0.05) is 12.5 Å². The standard InChI is InChI=1S/C12H12F2N2O5/c1-12(2,11(18)19)5-8(17)15-10-7(16(20)21)4-3-6(13)9(10)14/h3-4H,5H2,1-2H3,(H,15,17)(H,18,19). The number of amides is 1. The summed E-state index contributed by atoms with van der Waals surface area (Å²) in [5.41, 5.74) is -3.20. The number of anilines is 1. The summed E-state index contributed by atoms with van der Waals surface area (Å²) in [6.07, 6.45) is -0.560. The monoisotopic (exact) mass is 302 g/mol. The van der Waals surface area contributed by atoms with Crippen LogP contribution in [0.3, 0.4) is 0 Å². The van der Waals surface area contributed by atoms with Crippen LogP contribution in [0.1, 0.15) is 20.3 Å². The average molecular weight is 302 g/mol. The molecule has 0 spiro atoms. The molecule has 1 amide bonds. The molecule has 0 fully saturated rings. The van der Waals surface area contributed by atoms with Gasteiger partial charge < -0.3 is 10.4 Å². The van der Waals surface area contributed by atoms with Gasteiger partial charge in [-0.15, -0.1) is 0 Å². The minimum absolute atomic E-state index is 0.560. The number of hydrogen-bond donors (Lipinski definition) is 2. The van der Waals surface area contributed by atoms with Crippen LogP contribution >= 0.6 is 0 Å². The Hall–Kier alpha value is -2.58. The van der Waals surface area contributed by atoms with Gasteiger partial charge in [-0.3, -0.25) is 19.7 Å². The van der Waals surface area contributed by atoms with Crippen molar-refractivity contribution in [3.63, 3.8) is 0 Å². The highest BCUT2D eigenvalue weighted by Crippen LogP contribution is 2.30. The zero-order valence-electron chi connectivity index (χ0n) is 11.1. The summed E-state index contributed by atoms with van der Waals surface area (Å²) in [4.78, 5) is 32.3. The van der Waals surface area contributed by atoms with E-state index in [1.54, 1.807) is 0 Å². The molecule has 0 saturated heterocycles. The molecule has 0 atom stereocenters. The van der Waals surface area contributed by atoms with Crippen molar-refractivity contribution in [1.29, 1.82) is 0 Å². The molecule has 0 heterocycles. The number of hydrogen-bond acceptors (Lipinski definition) is 4. The Bertz CT molecular complexity index is 616. The second-order valence-corrected chi connectivity index (χ2v) is 4.93. The molecule has 9 heteroatoms. The highest BCUT2D eigenvalue weighted by molar-refractivity contribution is 5.95. The lowest BCUT2D eigenvalue weighted by molar-refractivity contribution is -0.384. The maximum absolute atomic E-state index is 13.6. The fraction of sp³-hybridized carbons (Fsp3) is 0.333. The summed E-state index contributed by atoms with van der Waals surface area (Å²) in [5.74, 6) is -5.19. The van der Waals surface area contributed by atoms with Gasteiger partial charge in [0.1, 0.15) is 0 Å². The molecule has 21 heavy (non-hydrogen) atoms. The molecule has 0 bridgehead atoms. The number of aliphatic carboxylic acids is 1. The third-order valence-corrected chi connectivity index (χ3v) is 2.72. The number of carbonyl (C=O) groups excluding carboxylic acids is 1. The van der Waals surface area contributed by atoms with Crippen molar-refractivity contribution in [3.05, 3.63) is 33.9 Å². The Morgan fingerprint density at radius 1 is 1.38 bits per heavy atom. The Morgan fingerprint density at radius 3 is 2.43 bits per heavy atom. The molecule has 0 aromatic heterocycles. The first-order chi connectivity index (χ1) is 9.56. The van der Waals surface area contributed by atoms with Gasteiger partial charge in [0.15, 0.2) is 17.3 Å². The molecule has 0 aliphatic rings. The van der Waals surface area contributed by atoms with E-state index in [1.807, 2.05) is 5.32 Å². The Balaban J connectivity index is 3.08. The van der Waals surface area contributed by atoms with Crippen molar-refractivity contribution < 1.29 is 28.4 Å². The number of nitro groups is 1. The fourth-order valence-electron chi connectivity index (χ4n) is 1.47. The quantitative estimate of drug-likeness (QED) is 0.640. The van der Waals surface area contributed by atoms with Crippen LogP contribution in [0, 0.1) is 27.2 Å². The molecule has 1 aromatic carbocycles. The summed E-state index contributed by atoms with van der Waals surface area (Å²) >= 11 is 0. The second kappa shape index (κ2) is 5.81. The average Bonchev–Trinajstić information content (AvgIpc) is 2.33. The van der Waals surface area contributed by atoms with E-state index in [0.29, 0.717) is 12.1 Å². The van der Waals surface area contributed by atoms with Crippen LogP contribution in [-0.4, -0.2) is 21.9 Å². The van der Waals surface area contributed by atoms with Gasteiger partial charge in [0.2, 0.25) is 5.91 Å². The third kappa shape index (κ3) is 3.71. The van der Waals surface area contributed by atoms with E-state index < -0.39 is 51.6 Å². The lowest BCUT2D eigenvalue weighted by atomic mass is 9.89. The van der Waals surface area contributed by atoms with E-state index in [2.05, 4.69) is 0 Å². The lowest BCUT2D eigenvalue weighted by Gasteiger charge is -2.18. The van der Waals surface area contributed by atoms with Crippen molar-refractivity contribution in [3.8, 4) is 0 Å². The van der Waals surface area contributed by atoms with Crippen molar-refractivity contribution >= 4 is 23.3 Å². The predicted molar refractivity (Wildman–Crippen MR) is 67.7 cm³/mol. The molecule has 0 aliphatic heterocycles. The van der Waals surface area contributed by atoms with Gasteiger partial charge in [-0.1, -0.05) is 0 Å².